The quantitative estimate of drug-likeness (QED) is 0.769. The highest BCUT2D eigenvalue weighted by atomic mass is 16.6. The van der Waals surface area contributed by atoms with E-state index in [1.54, 1.807) is 0 Å². The summed E-state index contributed by atoms with van der Waals surface area (Å²) in [6.07, 6.45) is 0. The number of rotatable bonds is 2. The third-order valence-corrected chi connectivity index (χ3v) is 2.36. The maximum atomic E-state index is 9.58. The maximum absolute atomic E-state index is 9.58. The van der Waals surface area contributed by atoms with Gasteiger partial charge >= 0.3 is 5.95 Å². The molecule has 0 amide bonds. The number of aromatic hydroxyl groups is 2. The molecule has 0 aliphatic carbocycles. The summed E-state index contributed by atoms with van der Waals surface area (Å²) in [6, 6.07) is 3.12. The number of phenolic OH excluding ortho intramolecular Hbond substituents is 2. The van der Waals surface area contributed by atoms with Crippen LogP contribution in [0.25, 0.3) is 11.0 Å². The van der Waals surface area contributed by atoms with Crippen LogP contribution in [-0.2, 0) is 0 Å². The number of nitriles is 1. The molecule has 0 radical (unpaired) electrons. The first kappa shape index (κ1) is 11.0. The van der Waals surface area contributed by atoms with Crippen LogP contribution in [-0.4, -0.2) is 24.4 Å². The lowest BCUT2D eigenvalue weighted by atomic mass is 10.1. The molecular weight excluding hydrogens is 226 g/mol. The van der Waals surface area contributed by atoms with Gasteiger partial charge in [0.2, 0.25) is 11.5 Å². The number of phenols is 2. The normalized spacial score (nSPS) is 10.2. The van der Waals surface area contributed by atoms with Crippen molar-refractivity contribution in [1.29, 1.82) is 5.26 Å². The fraction of sp³-hybridized carbons (Fsp3) is 0.182. The molecule has 17 heavy (non-hydrogen) atoms. The van der Waals surface area contributed by atoms with Crippen molar-refractivity contribution < 1.29 is 24.1 Å². The number of fused-ring (bicyclic) bond motifs is 1. The molecule has 2 rings (SSSR count). The molecule has 0 unspecified atom stereocenters. The number of hydrogen-bond acceptors (Lipinski definition) is 6. The number of benzene rings is 1. The van der Waals surface area contributed by atoms with Gasteiger partial charge in [-0.15, -0.1) is 0 Å². The first-order valence-corrected chi connectivity index (χ1v) is 4.63. The van der Waals surface area contributed by atoms with Gasteiger partial charge in [0.25, 0.3) is 0 Å². The molecule has 0 atom stereocenters. The van der Waals surface area contributed by atoms with Crippen LogP contribution in [0.2, 0.25) is 0 Å². The molecule has 0 spiro atoms. The number of ether oxygens (including phenoxy) is 2. The standard InChI is InChI=1S/C11H9NO5/c1-15-10-8(14)7(13)3-5-6(4-12)11(16-2)17-9(5)10/h3,13-14H,1-2H3. The Morgan fingerprint density at radius 2 is 2.00 bits per heavy atom. The van der Waals surface area contributed by atoms with Gasteiger partial charge in [0, 0.05) is 0 Å². The summed E-state index contributed by atoms with van der Waals surface area (Å²) >= 11 is 0. The van der Waals surface area contributed by atoms with Crippen molar-refractivity contribution in [3.05, 3.63) is 11.6 Å². The van der Waals surface area contributed by atoms with Crippen molar-refractivity contribution in [2.75, 3.05) is 14.2 Å². The van der Waals surface area contributed by atoms with E-state index in [9.17, 15) is 10.2 Å². The molecule has 0 saturated carbocycles. The predicted molar refractivity (Wildman–Crippen MR) is 57.4 cm³/mol. The second-order valence-corrected chi connectivity index (χ2v) is 3.23. The summed E-state index contributed by atoms with van der Waals surface area (Å²) in [5.41, 5.74) is 0.285. The van der Waals surface area contributed by atoms with Gasteiger partial charge < -0.3 is 24.1 Å². The highest BCUT2D eigenvalue weighted by molar-refractivity contribution is 5.94. The van der Waals surface area contributed by atoms with Crippen LogP contribution in [0.1, 0.15) is 5.56 Å². The van der Waals surface area contributed by atoms with Crippen LogP contribution in [0.4, 0.5) is 0 Å². The van der Waals surface area contributed by atoms with E-state index in [1.807, 2.05) is 6.07 Å². The number of hydrogen-bond donors (Lipinski definition) is 2. The van der Waals surface area contributed by atoms with E-state index in [1.165, 1.54) is 20.3 Å². The van der Waals surface area contributed by atoms with Gasteiger partial charge in [0.1, 0.15) is 11.6 Å². The Morgan fingerprint density at radius 1 is 1.29 bits per heavy atom. The van der Waals surface area contributed by atoms with Crippen molar-refractivity contribution in [2.45, 2.75) is 0 Å². The molecule has 0 saturated heterocycles. The first-order chi connectivity index (χ1) is 8.13. The van der Waals surface area contributed by atoms with Crippen molar-refractivity contribution in [1.82, 2.24) is 0 Å². The van der Waals surface area contributed by atoms with Crippen LogP contribution < -0.4 is 9.47 Å². The van der Waals surface area contributed by atoms with Crippen molar-refractivity contribution in [2.24, 2.45) is 0 Å². The molecule has 1 aromatic heterocycles. The van der Waals surface area contributed by atoms with E-state index in [0.29, 0.717) is 5.39 Å². The van der Waals surface area contributed by atoms with Gasteiger partial charge in [-0.1, -0.05) is 0 Å². The second kappa shape index (κ2) is 3.79. The first-order valence-electron chi connectivity index (χ1n) is 4.63. The lowest BCUT2D eigenvalue weighted by Crippen LogP contribution is -1.85. The van der Waals surface area contributed by atoms with Gasteiger partial charge in [-0.05, 0) is 6.07 Å². The Balaban J connectivity index is 2.93. The third-order valence-electron chi connectivity index (χ3n) is 2.36. The summed E-state index contributed by atoms with van der Waals surface area (Å²) in [5.74, 6) is -0.874. The maximum Gasteiger partial charge on any atom is 0.304 e. The van der Waals surface area contributed by atoms with Gasteiger partial charge in [0.15, 0.2) is 11.3 Å². The SMILES string of the molecule is COc1oc2c(OC)c(O)c(O)cc2c1C#N. The third kappa shape index (κ3) is 1.40. The highest BCUT2D eigenvalue weighted by Gasteiger charge is 2.23. The van der Waals surface area contributed by atoms with Crippen LogP contribution >= 0.6 is 0 Å². The molecule has 0 fully saturated rings. The van der Waals surface area contributed by atoms with E-state index < -0.39 is 11.5 Å². The molecule has 2 N–H and O–H groups in total. The molecule has 6 heteroatoms. The fourth-order valence-corrected chi connectivity index (χ4v) is 1.60. The average Bonchev–Trinajstić information content (AvgIpc) is 2.68. The van der Waals surface area contributed by atoms with E-state index in [-0.39, 0.29) is 22.8 Å². The Morgan fingerprint density at radius 3 is 2.53 bits per heavy atom. The predicted octanol–water partition coefficient (Wildman–Crippen LogP) is 1.73. The fourth-order valence-electron chi connectivity index (χ4n) is 1.60. The molecule has 88 valence electrons. The molecule has 1 aromatic carbocycles. The summed E-state index contributed by atoms with van der Waals surface area (Å²) in [7, 11) is 2.67. The monoisotopic (exact) mass is 235 g/mol. The zero-order valence-electron chi connectivity index (χ0n) is 9.14. The Hall–Kier alpha value is -2.55. The van der Waals surface area contributed by atoms with Crippen LogP contribution in [0, 0.1) is 11.3 Å². The summed E-state index contributed by atoms with van der Waals surface area (Å²) in [5, 5.41) is 28.4. The van der Waals surface area contributed by atoms with Gasteiger partial charge in [-0.25, -0.2) is 0 Å². The molecule has 2 aromatic rings. The minimum absolute atomic E-state index is 0.00537. The minimum atomic E-state index is -0.444. The highest BCUT2D eigenvalue weighted by Crippen LogP contribution is 2.46. The van der Waals surface area contributed by atoms with Gasteiger partial charge in [-0.3, -0.25) is 0 Å². The van der Waals surface area contributed by atoms with Crippen molar-refractivity contribution >= 4 is 11.0 Å². The lowest BCUT2D eigenvalue weighted by molar-refractivity contribution is 0.307. The van der Waals surface area contributed by atoms with E-state index in [2.05, 4.69) is 0 Å². The van der Waals surface area contributed by atoms with Crippen LogP contribution in [0.5, 0.6) is 23.2 Å². The summed E-state index contributed by atoms with van der Waals surface area (Å²) in [4.78, 5) is 0. The molecule has 0 bridgehead atoms. The molecule has 1 heterocycles. The smallest absolute Gasteiger partial charge is 0.304 e. The largest absolute Gasteiger partial charge is 0.504 e. The Kier molecular flexibility index (Phi) is 2.44. The number of nitrogens with zero attached hydrogens (tertiary/aromatic N) is 1. The van der Waals surface area contributed by atoms with E-state index >= 15 is 0 Å². The van der Waals surface area contributed by atoms with Crippen molar-refractivity contribution in [3.8, 4) is 29.3 Å². The zero-order chi connectivity index (χ0) is 12.6. The number of furan rings is 1. The second-order valence-electron chi connectivity index (χ2n) is 3.23. The molecule has 0 aliphatic heterocycles. The lowest BCUT2D eigenvalue weighted by Gasteiger charge is -2.04. The number of methoxy groups -OCH3 is 2. The Bertz CT molecular complexity index is 623. The summed E-state index contributed by atoms with van der Waals surface area (Å²) < 4.78 is 15.1. The van der Waals surface area contributed by atoms with Crippen LogP contribution in [0.15, 0.2) is 10.5 Å². The average molecular weight is 235 g/mol. The molecular formula is C11H9NO5. The van der Waals surface area contributed by atoms with Crippen molar-refractivity contribution in [3.63, 3.8) is 0 Å². The van der Waals surface area contributed by atoms with Gasteiger partial charge in [0.05, 0.1) is 19.6 Å². The minimum Gasteiger partial charge on any atom is -0.504 e. The van der Waals surface area contributed by atoms with E-state index in [4.69, 9.17) is 19.2 Å². The molecule has 0 aliphatic rings. The topological polar surface area (TPSA) is 95.8 Å². The van der Waals surface area contributed by atoms with E-state index in [0.717, 1.165) is 0 Å². The Labute approximate surface area is 96.2 Å². The van der Waals surface area contributed by atoms with Gasteiger partial charge in [-0.2, -0.15) is 5.26 Å². The molecule has 6 nitrogen and oxygen atoms in total. The van der Waals surface area contributed by atoms with Crippen LogP contribution in [0.3, 0.4) is 0 Å². The zero-order valence-corrected chi connectivity index (χ0v) is 9.14. The summed E-state index contributed by atoms with van der Waals surface area (Å²) in [6.45, 7) is 0.